The maximum atomic E-state index is 6.29. The highest BCUT2D eigenvalue weighted by atomic mass is 35.5. The van der Waals surface area contributed by atoms with E-state index in [9.17, 15) is 0 Å². The largest absolute Gasteiger partial charge is 0.538 e. The molecule has 1 rings (SSSR count). The molecule has 0 fully saturated rings. The van der Waals surface area contributed by atoms with Crippen molar-refractivity contribution < 1.29 is 13.3 Å². The third-order valence-corrected chi connectivity index (χ3v) is 5.88. The highest BCUT2D eigenvalue weighted by Gasteiger charge is 2.49. The van der Waals surface area contributed by atoms with Crippen LogP contribution < -0.4 is 5.19 Å². The lowest BCUT2D eigenvalue weighted by Gasteiger charge is -2.37. The van der Waals surface area contributed by atoms with Crippen molar-refractivity contribution in [1.82, 2.24) is 0 Å². The van der Waals surface area contributed by atoms with E-state index in [4.69, 9.17) is 24.9 Å². The molecular formula is C15H25ClO3Si. The smallest absolute Gasteiger partial charge is 0.367 e. The van der Waals surface area contributed by atoms with Gasteiger partial charge in [-0.25, -0.2) is 0 Å². The van der Waals surface area contributed by atoms with Crippen LogP contribution in [-0.2, 0) is 13.3 Å². The van der Waals surface area contributed by atoms with Gasteiger partial charge in [-0.05, 0) is 41.5 Å². The average Bonchev–Trinajstić information content (AvgIpc) is 2.25. The number of halogens is 1. The highest BCUT2D eigenvalue weighted by molar-refractivity contribution is 6.75. The van der Waals surface area contributed by atoms with Gasteiger partial charge in [-0.15, -0.1) is 0 Å². The molecule has 0 radical (unpaired) electrons. The summed E-state index contributed by atoms with van der Waals surface area (Å²) in [6.45, 7) is 11.5. The van der Waals surface area contributed by atoms with Gasteiger partial charge in [-0.2, -0.15) is 0 Å². The van der Waals surface area contributed by atoms with Crippen molar-refractivity contribution in [2.75, 3.05) is 0 Å². The van der Waals surface area contributed by atoms with E-state index in [0.717, 1.165) is 5.19 Å². The van der Waals surface area contributed by atoms with Gasteiger partial charge in [0.15, 0.2) is 0 Å². The monoisotopic (exact) mass is 316 g/mol. The minimum Gasteiger partial charge on any atom is -0.367 e. The predicted octanol–water partition coefficient (Wildman–Crippen LogP) is 3.67. The molecule has 0 aliphatic heterocycles. The molecule has 0 atom stereocenters. The SMILES string of the molecule is CC(C)O[Si](OC(C)C)(OC(C)(C)Cl)c1ccccc1. The molecule has 0 spiro atoms. The lowest BCUT2D eigenvalue weighted by Crippen LogP contribution is -2.61. The van der Waals surface area contributed by atoms with E-state index >= 15 is 0 Å². The normalized spacial score (nSPS) is 13.2. The molecule has 0 aliphatic rings. The third kappa shape index (κ3) is 5.54. The molecule has 5 heteroatoms. The number of rotatable bonds is 7. The molecule has 0 bridgehead atoms. The van der Waals surface area contributed by atoms with Gasteiger partial charge in [0, 0.05) is 17.4 Å². The van der Waals surface area contributed by atoms with Crippen LogP contribution in [0.25, 0.3) is 0 Å². The Bertz CT molecular complexity index is 391. The van der Waals surface area contributed by atoms with Crippen LogP contribution in [0.15, 0.2) is 30.3 Å². The van der Waals surface area contributed by atoms with Crippen molar-refractivity contribution in [2.24, 2.45) is 0 Å². The van der Waals surface area contributed by atoms with Gasteiger partial charge >= 0.3 is 8.80 Å². The highest BCUT2D eigenvalue weighted by Crippen LogP contribution is 2.25. The van der Waals surface area contributed by atoms with Crippen LogP contribution in [0.4, 0.5) is 0 Å². The maximum absolute atomic E-state index is 6.29. The Morgan fingerprint density at radius 2 is 1.40 bits per heavy atom. The molecule has 0 N–H and O–H groups in total. The number of hydrogen-bond acceptors (Lipinski definition) is 3. The molecule has 1 aromatic carbocycles. The number of alkyl halides is 1. The van der Waals surface area contributed by atoms with Gasteiger partial charge in [0.25, 0.3) is 0 Å². The second kappa shape index (κ2) is 7.05. The van der Waals surface area contributed by atoms with Crippen LogP contribution in [0.3, 0.4) is 0 Å². The molecule has 0 unspecified atom stereocenters. The lowest BCUT2D eigenvalue weighted by molar-refractivity contribution is 0.00329. The van der Waals surface area contributed by atoms with Gasteiger partial charge in [-0.3, -0.25) is 0 Å². The molecule has 0 saturated heterocycles. The summed E-state index contributed by atoms with van der Waals surface area (Å²) >= 11 is 6.29. The van der Waals surface area contributed by atoms with E-state index in [1.54, 1.807) is 13.8 Å². The van der Waals surface area contributed by atoms with E-state index < -0.39 is 13.9 Å². The Hall–Kier alpha value is -0.393. The minimum absolute atomic E-state index is 0.0142. The molecule has 0 aromatic heterocycles. The van der Waals surface area contributed by atoms with E-state index in [1.807, 2.05) is 58.0 Å². The van der Waals surface area contributed by atoms with Crippen LogP contribution in [0.1, 0.15) is 41.5 Å². The van der Waals surface area contributed by atoms with Gasteiger partial charge in [0.1, 0.15) is 5.06 Å². The van der Waals surface area contributed by atoms with Gasteiger partial charge in [0.05, 0.1) is 0 Å². The maximum Gasteiger partial charge on any atom is 0.538 e. The fourth-order valence-electron chi connectivity index (χ4n) is 1.85. The number of hydrogen-bond donors (Lipinski definition) is 0. The quantitative estimate of drug-likeness (QED) is 0.567. The summed E-state index contributed by atoms with van der Waals surface area (Å²) in [5.41, 5.74) is 0. The average molecular weight is 317 g/mol. The Labute approximate surface area is 128 Å². The summed E-state index contributed by atoms with van der Waals surface area (Å²) in [6.07, 6.45) is -0.0284. The molecule has 0 aliphatic carbocycles. The second-order valence-corrected chi connectivity index (χ2v) is 9.00. The van der Waals surface area contributed by atoms with Gasteiger partial charge < -0.3 is 13.3 Å². The predicted molar refractivity (Wildman–Crippen MR) is 85.3 cm³/mol. The van der Waals surface area contributed by atoms with Gasteiger partial charge in [-0.1, -0.05) is 41.9 Å². The summed E-state index contributed by atoms with van der Waals surface area (Å²) in [6, 6.07) is 9.81. The van der Waals surface area contributed by atoms with Crippen molar-refractivity contribution in [1.29, 1.82) is 0 Å². The molecule has 1 aromatic rings. The Kier molecular flexibility index (Phi) is 6.22. The molecule has 0 saturated carbocycles. The van der Waals surface area contributed by atoms with Crippen molar-refractivity contribution in [2.45, 2.75) is 58.8 Å². The number of benzene rings is 1. The molecular weight excluding hydrogens is 292 g/mol. The van der Waals surface area contributed by atoms with Gasteiger partial charge in [0.2, 0.25) is 0 Å². The minimum atomic E-state index is -3.07. The standard InChI is InChI=1S/C15H25ClO3Si/c1-12(2)17-20(18-13(3)4,19-15(5,6)16)14-10-8-7-9-11-14/h7-13H,1-6H3. The summed E-state index contributed by atoms with van der Waals surface area (Å²) in [5, 5.41) is 0.0717. The Morgan fingerprint density at radius 1 is 0.950 bits per heavy atom. The zero-order valence-corrected chi connectivity index (χ0v) is 14.9. The summed E-state index contributed by atoms with van der Waals surface area (Å²) in [5.74, 6) is 0. The topological polar surface area (TPSA) is 27.7 Å². The van der Waals surface area contributed by atoms with E-state index in [1.165, 1.54) is 0 Å². The van der Waals surface area contributed by atoms with Crippen molar-refractivity contribution in [3.8, 4) is 0 Å². The first-order valence-electron chi connectivity index (χ1n) is 6.95. The van der Waals surface area contributed by atoms with Crippen molar-refractivity contribution in [3.63, 3.8) is 0 Å². The van der Waals surface area contributed by atoms with E-state index in [0.29, 0.717) is 0 Å². The first kappa shape index (κ1) is 17.7. The van der Waals surface area contributed by atoms with Crippen LogP contribution in [0.2, 0.25) is 0 Å². The second-order valence-electron chi connectivity index (χ2n) is 5.72. The fraction of sp³-hybridized carbons (Fsp3) is 0.600. The first-order valence-corrected chi connectivity index (χ1v) is 9.05. The lowest BCUT2D eigenvalue weighted by atomic mass is 10.4. The summed E-state index contributed by atoms with van der Waals surface area (Å²) in [4.78, 5) is 0. The Morgan fingerprint density at radius 3 is 1.75 bits per heavy atom. The zero-order valence-electron chi connectivity index (χ0n) is 13.1. The Balaban J connectivity index is 3.25. The summed E-state index contributed by atoms with van der Waals surface area (Å²) in [7, 11) is -3.07. The van der Waals surface area contributed by atoms with Crippen LogP contribution in [0, 0.1) is 0 Å². The van der Waals surface area contributed by atoms with Crippen LogP contribution in [0.5, 0.6) is 0 Å². The van der Waals surface area contributed by atoms with E-state index in [2.05, 4.69) is 0 Å². The molecule has 20 heavy (non-hydrogen) atoms. The van der Waals surface area contributed by atoms with Crippen LogP contribution >= 0.6 is 11.6 Å². The molecule has 114 valence electrons. The third-order valence-electron chi connectivity index (χ3n) is 2.29. The fourth-order valence-corrected chi connectivity index (χ4v) is 5.18. The zero-order chi connectivity index (χ0) is 15.4. The molecule has 3 nitrogen and oxygen atoms in total. The first-order chi connectivity index (χ1) is 9.15. The molecule has 0 heterocycles. The molecule has 0 amide bonds. The van der Waals surface area contributed by atoms with Crippen molar-refractivity contribution in [3.05, 3.63) is 30.3 Å². The van der Waals surface area contributed by atoms with Crippen LogP contribution in [-0.4, -0.2) is 26.1 Å². The van der Waals surface area contributed by atoms with E-state index in [-0.39, 0.29) is 12.2 Å². The van der Waals surface area contributed by atoms with Crippen molar-refractivity contribution >= 4 is 25.6 Å². The summed E-state index contributed by atoms with van der Waals surface area (Å²) < 4.78 is 18.3.